The molecule has 1 N–H and O–H groups in total. The minimum absolute atomic E-state index is 0.0562. The van der Waals surface area contributed by atoms with Crippen LogP contribution < -0.4 is 5.32 Å². The Labute approximate surface area is 117 Å². The standard InChI is InChI=1S/C15H20F3NO/c1-14(2)12(8-13(14)20-3)19-9-10-4-6-11(7-5-10)15(16,17)18/h4-7,12-13,19H,8-9H2,1-3H3. The lowest BCUT2D eigenvalue weighted by molar-refractivity contribution is -0.137. The monoisotopic (exact) mass is 287 g/mol. The molecule has 1 aromatic rings. The van der Waals surface area contributed by atoms with Gasteiger partial charge < -0.3 is 10.1 Å². The molecule has 0 amide bonds. The first-order valence-electron chi connectivity index (χ1n) is 6.67. The highest BCUT2D eigenvalue weighted by molar-refractivity contribution is 5.24. The van der Waals surface area contributed by atoms with Gasteiger partial charge in [0.1, 0.15) is 0 Å². The highest BCUT2D eigenvalue weighted by Crippen LogP contribution is 2.42. The van der Waals surface area contributed by atoms with Crippen molar-refractivity contribution < 1.29 is 17.9 Å². The van der Waals surface area contributed by atoms with E-state index in [9.17, 15) is 13.2 Å². The van der Waals surface area contributed by atoms with Crippen LogP contribution in [0.5, 0.6) is 0 Å². The van der Waals surface area contributed by atoms with Crippen molar-refractivity contribution in [2.45, 2.75) is 45.1 Å². The Hall–Kier alpha value is -1.07. The van der Waals surface area contributed by atoms with Gasteiger partial charge in [-0.1, -0.05) is 26.0 Å². The van der Waals surface area contributed by atoms with E-state index in [1.807, 2.05) is 0 Å². The Kier molecular flexibility index (Phi) is 4.12. The molecule has 2 nitrogen and oxygen atoms in total. The molecular weight excluding hydrogens is 267 g/mol. The van der Waals surface area contributed by atoms with Crippen LogP contribution in [0.4, 0.5) is 13.2 Å². The maximum atomic E-state index is 12.5. The molecule has 0 aliphatic heterocycles. The highest BCUT2D eigenvalue weighted by Gasteiger charge is 2.48. The average Bonchev–Trinajstić information content (AvgIpc) is 2.37. The van der Waals surface area contributed by atoms with Gasteiger partial charge in [-0.15, -0.1) is 0 Å². The van der Waals surface area contributed by atoms with Crippen LogP contribution in [0.25, 0.3) is 0 Å². The maximum Gasteiger partial charge on any atom is 0.416 e. The molecule has 112 valence electrons. The SMILES string of the molecule is COC1CC(NCc2ccc(C(F)(F)F)cc2)C1(C)C. The summed E-state index contributed by atoms with van der Waals surface area (Å²) in [4.78, 5) is 0. The Morgan fingerprint density at radius 1 is 1.25 bits per heavy atom. The fourth-order valence-electron chi connectivity index (χ4n) is 2.68. The topological polar surface area (TPSA) is 21.3 Å². The van der Waals surface area contributed by atoms with E-state index in [4.69, 9.17) is 4.74 Å². The lowest BCUT2D eigenvalue weighted by Crippen LogP contribution is -2.60. The van der Waals surface area contributed by atoms with Crippen LogP contribution in [-0.4, -0.2) is 19.3 Å². The first-order valence-corrected chi connectivity index (χ1v) is 6.67. The van der Waals surface area contributed by atoms with Crippen LogP contribution in [0.2, 0.25) is 0 Å². The molecule has 0 bridgehead atoms. The van der Waals surface area contributed by atoms with Crippen LogP contribution in [0.3, 0.4) is 0 Å². The van der Waals surface area contributed by atoms with Crippen LogP contribution in [-0.2, 0) is 17.5 Å². The Bertz CT molecular complexity index is 453. The summed E-state index contributed by atoms with van der Waals surface area (Å²) in [7, 11) is 1.71. The summed E-state index contributed by atoms with van der Waals surface area (Å²) in [5.74, 6) is 0. The summed E-state index contributed by atoms with van der Waals surface area (Å²) in [6.07, 6.45) is -3.09. The van der Waals surface area contributed by atoms with Crippen molar-refractivity contribution in [3.05, 3.63) is 35.4 Å². The second-order valence-corrected chi connectivity index (χ2v) is 5.91. The molecule has 1 fully saturated rings. The highest BCUT2D eigenvalue weighted by atomic mass is 19.4. The average molecular weight is 287 g/mol. The third-order valence-corrected chi connectivity index (χ3v) is 4.30. The van der Waals surface area contributed by atoms with Gasteiger partial charge in [0.2, 0.25) is 0 Å². The number of alkyl halides is 3. The summed E-state index contributed by atoms with van der Waals surface area (Å²) in [5.41, 5.74) is 0.306. The molecule has 0 heterocycles. The van der Waals surface area contributed by atoms with Crippen LogP contribution in [0.15, 0.2) is 24.3 Å². The van der Waals surface area contributed by atoms with Crippen molar-refractivity contribution in [2.24, 2.45) is 5.41 Å². The number of methoxy groups -OCH3 is 1. The second kappa shape index (κ2) is 5.37. The van der Waals surface area contributed by atoms with Gasteiger partial charge in [-0.05, 0) is 24.1 Å². The van der Waals surface area contributed by atoms with Crippen LogP contribution in [0, 0.1) is 5.41 Å². The molecule has 0 saturated heterocycles. The van der Waals surface area contributed by atoms with Crippen LogP contribution >= 0.6 is 0 Å². The smallest absolute Gasteiger partial charge is 0.381 e. The quantitative estimate of drug-likeness (QED) is 0.913. The van der Waals surface area contributed by atoms with Gasteiger partial charge >= 0.3 is 6.18 Å². The molecule has 1 aliphatic rings. The summed E-state index contributed by atoms with van der Waals surface area (Å²) in [6.45, 7) is 4.84. The first-order chi connectivity index (χ1) is 9.25. The molecular formula is C15H20F3NO. The van der Waals surface area contributed by atoms with Crippen molar-refractivity contribution in [3.8, 4) is 0 Å². The molecule has 2 rings (SSSR count). The molecule has 0 spiro atoms. The van der Waals surface area contributed by atoms with Crippen LogP contribution in [0.1, 0.15) is 31.4 Å². The molecule has 20 heavy (non-hydrogen) atoms. The Balaban J connectivity index is 1.90. The number of benzene rings is 1. The maximum absolute atomic E-state index is 12.5. The van der Waals surface area contributed by atoms with E-state index in [-0.39, 0.29) is 11.5 Å². The molecule has 0 aromatic heterocycles. The number of halogens is 3. The molecule has 1 saturated carbocycles. The minimum Gasteiger partial charge on any atom is -0.381 e. The minimum atomic E-state index is -4.27. The fraction of sp³-hybridized carbons (Fsp3) is 0.600. The number of nitrogens with one attached hydrogen (secondary N) is 1. The number of rotatable bonds is 4. The normalized spacial score (nSPS) is 25.3. The van der Waals surface area contributed by atoms with Gasteiger partial charge in [-0.2, -0.15) is 13.2 Å². The number of ether oxygens (including phenoxy) is 1. The molecule has 0 radical (unpaired) electrons. The van der Waals surface area contributed by atoms with Gasteiger partial charge in [0.15, 0.2) is 0 Å². The summed E-state index contributed by atoms with van der Waals surface area (Å²) < 4.78 is 42.7. The molecule has 2 atom stereocenters. The lowest BCUT2D eigenvalue weighted by Gasteiger charge is -2.51. The summed E-state index contributed by atoms with van der Waals surface area (Å²) in [5, 5.41) is 3.39. The zero-order valence-electron chi connectivity index (χ0n) is 11.9. The predicted octanol–water partition coefficient (Wildman–Crippen LogP) is 3.61. The second-order valence-electron chi connectivity index (χ2n) is 5.91. The van der Waals surface area contributed by atoms with Crippen molar-refractivity contribution in [2.75, 3.05) is 7.11 Å². The Morgan fingerprint density at radius 3 is 2.30 bits per heavy atom. The molecule has 1 aromatic carbocycles. The van der Waals surface area contributed by atoms with E-state index < -0.39 is 11.7 Å². The van der Waals surface area contributed by atoms with Gasteiger partial charge in [-0.3, -0.25) is 0 Å². The van der Waals surface area contributed by atoms with E-state index in [0.29, 0.717) is 12.6 Å². The van der Waals surface area contributed by atoms with Gasteiger partial charge in [0, 0.05) is 25.1 Å². The van der Waals surface area contributed by atoms with Crippen molar-refractivity contribution in [3.63, 3.8) is 0 Å². The van der Waals surface area contributed by atoms with Crippen molar-refractivity contribution >= 4 is 0 Å². The van der Waals surface area contributed by atoms with E-state index in [0.717, 1.165) is 24.1 Å². The van der Waals surface area contributed by atoms with E-state index in [2.05, 4.69) is 19.2 Å². The van der Waals surface area contributed by atoms with Gasteiger partial charge in [0.05, 0.1) is 11.7 Å². The van der Waals surface area contributed by atoms with E-state index in [1.165, 1.54) is 12.1 Å². The number of hydrogen-bond donors (Lipinski definition) is 1. The van der Waals surface area contributed by atoms with E-state index in [1.54, 1.807) is 7.11 Å². The summed E-state index contributed by atoms with van der Waals surface area (Å²) in [6, 6.07) is 5.63. The molecule has 1 aliphatic carbocycles. The number of hydrogen-bond acceptors (Lipinski definition) is 2. The third-order valence-electron chi connectivity index (χ3n) is 4.30. The Morgan fingerprint density at radius 2 is 1.85 bits per heavy atom. The lowest BCUT2D eigenvalue weighted by atomic mass is 9.64. The first kappa shape index (κ1) is 15.3. The predicted molar refractivity (Wildman–Crippen MR) is 71.3 cm³/mol. The zero-order valence-corrected chi connectivity index (χ0v) is 11.9. The molecule has 5 heteroatoms. The van der Waals surface area contributed by atoms with E-state index >= 15 is 0 Å². The van der Waals surface area contributed by atoms with Gasteiger partial charge in [0.25, 0.3) is 0 Å². The largest absolute Gasteiger partial charge is 0.416 e. The van der Waals surface area contributed by atoms with Crippen molar-refractivity contribution in [1.82, 2.24) is 5.32 Å². The molecule has 2 unspecified atom stereocenters. The summed E-state index contributed by atoms with van der Waals surface area (Å²) >= 11 is 0. The zero-order chi connectivity index (χ0) is 15.0. The van der Waals surface area contributed by atoms with Gasteiger partial charge in [-0.25, -0.2) is 0 Å². The van der Waals surface area contributed by atoms with Crippen molar-refractivity contribution in [1.29, 1.82) is 0 Å². The fourth-order valence-corrected chi connectivity index (χ4v) is 2.68. The third kappa shape index (κ3) is 2.99.